The summed E-state index contributed by atoms with van der Waals surface area (Å²) in [6.45, 7) is -1.72. The van der Waals surface area contributed by atoms with Crippen molar-refractivity contribution in [2.75, 3.05) is 13.2 Å². The van der Waals surface area contributed by atoms with Crippen molar-refractivity contribution >= 4 is 22.9 Å². The number of hydrogen-bond acceptors (Lipinski definition) is 18. The van der Waals surface area contributed by atoms with Gasteiger partial charge in [0.05, 0.1) is 18.6 Å². The lowest BCUT2D eigenvalue weighted by Crippen LogP contribution is -2.60. The van der Waals surface area contributed by atoms with E-state index >= 15 is 0 Å². The van der Waals surface area contributed by atoms with Crippen molar-refractivity contribution in [3.05, 3.63) is 52.2 Å². The summed E-state index contributed by atoms with van der Waals surface area (Å²) in [5, 5.41) is 112. The number of carboxylic acid groups (broad SMARTS) is 1. The first kappa shape index (κ1) is 36.9. The molecule has 0 spiro atoms. The molecule has 5 rings (SSSR count). The highest BCUT2D eigenvalue weighted by molar-refractivity contribution is 5.88. The van der Waals surface area contributed by atoms with Crippen LogP contribution in [0, 0.1) is 0 Å². The predicted octanol–water partition coefficient (Wildman–Crippen LogP) is -3.05. The minimum Gasteiger partial charge on any atom is -0.508 e. The molecule has 19 nitrogen and oxygen atoms in total. The van der Waals surface area contributed by atoms with Crippen molar-refractivity contribution in [1.82, 2.24) is 0 Å². The van der Waals surface area contributed by atoms with Gasteiger partial charge in [0.25, 0.3) is 0 Å². The SMILES string of the molecule is O=C(C[C@@H](O)C(=O)O)OC[C@H]1O[C@@H](Oc2cc3oc(-c4ccc(O)cc4)cc(=O)c3c(O)c2[C@@H]2O[C@H](CO)[C@@H](O)[C@H](O)[C@H]2O)[C@H](O)[C@@H](O)[C@@H]1O. The van der Waals surface area contributed by atoms with Gasteiger partial charge in [-0.15, -0.1) is 0 Å². The van der Waals surface area contributed by atoms with Crippen molar-refractivity contribution < 1.29 is 89.1 Å². The van der Waals surface area contributed by atoms with Crippen molar-refractivity contribution in [1.29, 1.82) is 0 Å². The van der Waals surface area contributed by atoms with E-state index in [2.05, 4.69) is 0 Å². The Bertz CT molecular complexity index is 1760. The lowest BCUT2D eigenvalue weighted by atomic mass is 9.89. The third-order valence-electron chi connectivity index (χ3n) is 8.29. The number of phenols is 2. The van der Waals surface area contributed by atoms with Gasteiger partial charge in [-0.2, -0.15) is 0 Å². The molecule has 0 unspecified atom stereocenters. The van der Waals surface area contributed by atoms with E-state index in [1.165, 1.54) is 24.3 Å². The first-order valence-corrected chi connectivity index (χ1v) is 15.0. The fourth-order valence-electron chi connectivity index (χ4n) is 5.53. The first-order valence-electron chi connectivity index (χ1n) is 15.0. The average Bonchev–Trinajstić information content (AvgIpc) is 3.07. The minimum absolute atomic E-state index is 0.0455. The highest BCUT2D eigenvalue weighted by Gasteiger charge is 2.49. The number of aliphatic hydroxyl groups excluding tert-OH is 8. The number of phenolic OH excluding ortho intramolecular Hbond substituents is 2. The molecule has 2 aliphatic rings. The van der Waals surface area contributed by atoms with E-state index in [9.17, 15) is 65.4 Å². The predicted molar refractivity (Wildman–Crippen MR) is 160 cm³/mol. The van der Waals surface area contributed by atoms with Crippen LogP contribution in [0.3, 0.4) is 0 Å². The third-order valence-corrected chi connectivity index (χ3v) is 8.29. The second kappa shape index (κ2) is 14.8. The van der Waals surface area contributed by atoms with Gasteiger partial charge in [-0.1, -0.05) is 0 Å². The largest absolute Gasteiger partial charge is 0.508 e. The van der Waals surface area contributed by atoms with E-state index in [0.29, 0.717) is 5.56 Å². The van der Waals surface area contributed by atoms with E-state index < -0.39 is 127 Å². The average molecular weight is 711 g/mol. The van der Waals surface area contributed by atoms with Crippen LogP contribution in [0.25, 0.3) is 22.3 Å². The van der Waals surface area contributed by atoms with Crippen molar-refractivity contribution in [2.24, 2.45) is 0 Å². The molecular weight excluding hydrogens is 676 g/mol. The molecule has 1 aromatic heterocycles. The summed E-state index contributed by atoms with van der Waals surface area (Å²) in [5.41, 5.74) is -1.43. The van der Waals surface area contributed by atoms with Gasteiger partial charge in [-0.05, 0) is 24.3 Å². The van der Waals surface area contributed by atoms with Gasteiger partial charge in [-0.25, -0.2) is 4.79 Å². The highest BCUT2D eigenvalue weighted by Crippen LogP contribution is 2.46. The normalized spacial score (nSPS) is 30.5. The van der Waals surface area contributed by atoms with Crippen LogP contribution in [0.4, 0.5) is 0 Å². The van der Waals surface area contributed by atoms with Crippen molar-refractivity contribution in [3.8, 4) is 28.6 Å². The Balaban J connectivity index is 1.56. The molecule has 0 saturated carbocycles. The molecule has 2 aromatic carbocycles. The zero-order valence-corrected chi connectivity index (χ0v) is 25.6. The first-order chi connectivity index (χ1) is 23.6. The van der Waals surface area contributed by atoms with Crippen LogP contribution in [0.2, 0.25) is 0 Å². The van der Waals surface area contributed by atoms with Crippen LogP contribution in [0.15, 0.2) is 45.6 Å². The third kappa shape index (κ3) is 7.23. The molecule has 0 aliphatic carbocycles. The Kier molecular flexibility index (Phi) is 10.9. The summed E-state index contributed by atoms with van der Waals surface area (Å²) >= 11 is 0. The summed E-state index contributed by atoms with van der Waals surface area (Å²) in [6, 6.07) is 7.50. The monoisotopic (exact) mass is 710 g/mol. The van der Waals surface area contributed by atoms with Crippen LogP contribution in [0.1, 0.15) is 18.1 Å². The number of benzene rings is 2. The number of aliphatic carboxylic acids is 1. The summed E-state index contributed by atoms with van der Waals surface area (Å²) in [6.07, 6.45) is -21.9. The molecule has 50 heavy (non-hydrogen) atoms. The maximum absolute atomic E-state index is 13.4. The van der Waals surface area contributed by atoms with Gasteiger partial charge in [0.2, 0.25) is 6.29 Å². The molecule has 3 aromatic rings. The smallest absolute Gasteiger partial charge is 0.333 e. The van der Waals surface area contributed by atoms with E-state index in [0.717, 1.165) is 12.1 Å². The number of carbonyl (C=O) groups is 2. The van der Waals surface area contributed by atoms with E-state index in [1.807, 2.05) is 0 Å². The van der Waals surface area contributed by atoms with Crippen LogP contribution in [-0.2, 0) is 23.8 Å². The van der Waals surface area contributed by atoms with Gasteiger partial charge in [0, 0.05) is 17.7 Å². The maximum Gasteiger partial charge on any atom is 0.333 e. The van der Waals surface area contributed by atoms with Crippen molar-refractivity contribution in [3.63, 3.8) is 0 Å². The Hall–Kier alpha value is -4.41. The molecule has 3 heterocycles. The number of hydrogen-bond donors (Lipinski definition) is 11. The van der Waals surface area contributed by atoms with E-state index in [-0.39, 0.29) is 17.1 Å². The Morgan fingerprint density at radius 1 is 0.840 bits per heavy atom. The Morgan fingerprint density at radius 2 is 1.48 bits per heavy atom. The summed E-state index contributed by atoms with van der Waals surface area (Å²) < 4.78 is 27.7. The molecule has 0 amide bonds. The fraction of sp³-hybridized carbons (Fsp3) is 0.452. The van der Waals surface area contributed by atoms with E-state index in [1.54, 1.807) is 0 Å². The topological polar surface area (TPSA) is 324 Å². The van der Waals surface area contributed by atoms with Gasteiger partial charge >= 0.3 is 11.9 Å². The van der Waals surface area contributed by atoms with Crippen LogP contribution >= 0.6 is 0 Å². The number of ether oxygens (including phenoxy) is 4. The molecule has 11 atom stereocenters. The van der Waals surface area contributed by atoms with E-state index in [4.69, 9.17) is 28.5 Å². The number of carbonyl (C=O) groups excluding carboxylic acids is 1. The Labute approximate surface area is 279 Å². The van der Waals surface area contributed by atoms with Gasteiger partial charge in [-0.3, -0.25) is 9.59 Å². The molecule has 0 radical (unpaired) electrons. The molecular formula is C31H34O19. The Morgan fingerprint density at radius 3 is 2.12 bits per heavy atom. The van der Waals surface area contributed by atoms with Crippen molar-refractivity contribution in [2.45, 2.75) is 73.8 Å². The fourth-order valence-corrected chi connectivity index (χ4v) is 5.53. The molecule has 272 valence electrons. The summed E-state index contributed by atoms with van der Waals surface area (Å²) in [4.78, 5) is 36.2. The number of carboxylic acids is 1. The molecule has 2 fully saturated rings. The number of aliphatic hydroxyl groups is 8. The number of aromatic hydroxyl groups is 2. The lowest BCUT2D eigenvalue weighted by Gasteiger charge is -2.42. The second-order valence-corrected chi connectivity index (χ2v) is 11.7. The molecule has 2 aliphatic heterocycles. The summed E-state index contributed by atoms with van der Waals surface area (Å²) in [7, 11) is 0. The van der Waals surface area contributed by atoms with Crippen LogP contribution in [-0.4, -0.2) is 143 Å². The number of rotatable bonds is 10. The minimum atomic E-state index is -2.10. The molecule has 19 heteroatoms. The quantitative estimate of drug-likeness (QED) is 0.0931. The van der Waals surface area contributed by atoms with Crippen LogP contribution in [0.5, 0.6) is 17.2 Å². The van der Waals surface area contributed by atoms with Crippen LogP contribution < -0.4 is 10.2 Å². The van der Waals surface area contributed by atoms with Gasteiger partial charge in [0.15, 0.2) is 11.5 Å². The highest BCUT2D eigenvalue weighted by atomic mass is 16.7. The summed E-state index contributed by atoms with van der Waals surface area (Å²) in [5.74, 6) is -4.56. The zero-order valence-electron chi connectivity index (χ0n) is 25.6. The number of esters is 1. The second-order valence-electron chi connectivity index (χ2n) is 11.7. The maximum atomic E-state index is 13.4. The zero-order chi connectivity index (χ0) is 36.6. The van der Waals surface area contributed by atoms with Gasteiger partial charge < -0.3 is 79.5 Å². The van der Waals surface area contributed by atoms with Gasteiger partial charge in [0.1, 0.15) is 95.5 Å². The number of fused-ring (bicyclic) bond motifs is 1. The lowest BCUT2D eigenvalue weighted by molar-refractivity contribution is -0.279. The molecule has 2 saturated heterocycles. The standard InChI is InChI=1S/C31H34O19/c32-8-17-22(37)25(40)27(42)29(48-17)21-16(7-15-20(24(21)39)12(34)5-14(47-15)10-1-3-11(33)4-2-10)49-31-28(43)26(41)23(38)18(50-31)9-46-19(36)6-13(35)30(44)45/h1-5,7,13,17-18,22-23,25-29,31-33,35,37-43H,6,8-9H2,(H,44,45)/t13-,17-,18-,22-,23-,25+,26+,27-,28-,29+,31-/m1/s1. The molecule has 0 bridgehead atoms. The molecule has 11 N–H and O–H groups in total.